The Hall–Kier alpha value is -1.31. The van der Waals surface area contributed by atoms with Crippen molar-refractivity contribution in [2.24, 2.45) is 0 Å². The molecule has 6 nitrogen and oxygen atoms in total. The van der Waals surface area contributed by atoms with Crippen LogP contribution < -0.4 is 5.32 Å². The molecule has 21 heavy (non-hydrogen) atoms. The second-order valence-corrected chi connectivity index (χ2v) is 7.06. The van der Waals surface area contributed by atoms with Crippen molar-refractivity contribution in [3.8, 4) is 0 Å². The SMILES string of the molecule is CNC(=O)c1cc(S(=O)(=O)N2CCCC2=O)c(Cl)cc1Cl. The molecule has 1 N–H and O–H groups in total. The molecule has 1 aliphatic rings. The summed E-state index contributed by atoms with van der Waals surface area (Å²) in [5, 5.41) is 2.26. The number of benzene rings is 1. The maximum atomic E-state index is 12.5. The Labute approximate surface area is 132 Å². The van der Waals surface area contributed by atoms with Gasteiger partial charge in [-0.3, -0.25) is 9.59 Å². The van der Waals surface area contributed by atoms with E-state index in [1.807, 2.05) is 0 Å². The molecular weight excluding hydrogens is 339 g/mol. The third-order valence-electron chi connectivity index (χ3n) is 3.09. The summed E-state index contributed by atoms with van der Waals surface area (Å²) >= 11 is 11.8. The predicted octanol–water partition coefficient (Wildman–Crippen LogP) is 1.66. The summed E-state index contributed by atoms with van der Waals surface area (Å²) < 4.78 is 25.7. The topological polar surface area (TPSA) is 83.6 Å². The van der Waals surface area contributed by atoms with Gasteiger partial charge in [0.15, 0.2) is 0 Å². The number of nitrogens with zero attached hydrogens (tertiary/aromatic N) is 1. The van der Waals surface area contributed by atoms with Crippen LogP contribution in [0.4, 0.5) is 0 Å². The van der Waals surface area contributed by atoms with E-state index in [2.05, 4.69) is 5.32 Å². The maximum Gasteiger partial charge on any atom is 0.267 e. The Morgan fingerprint density at radius 1 is 1.29 bits per heavy atom. The zero-order chi connectivity index (χ0) is 15.8. The van der Waals surface area contributed by atoms with Gasteiger partial charge in [-0.25, -0.2) is 12.7 Å². The lowest BCUT2D eigenvalue weighted by molar-refractivity contribution is -0.123. The van der Waals surface area contributed by atoms with Crippen molar-refractivity contribution in [2.45, 2.75) is 17.7 Å². The minimum atomic E-state index is -4.09. The molecule has 1 saturated heterocycles. The number of rotatable bonds is 3. The number of sulfonamides is 1. The van der Waals surface area contributed by atoms with Crippen LogP contribution in [0.5, 0.6) is 0 Å². The standard InChI is InChI=1S/C12H12Cl2N2O4S/c1-15-12(18)7-5-10(9(14)6-8(7)13)21(19,20)16-4-2-3-11(16)17/h5-6H,2-4H2,1H3,(H,15,18). The van der Waals surface area contributed by atoms with E-state index in [0.29, 0.717) is 6.42 Å². The number of amides is 2. The second kappa shape index (κ2) is 5.82. The van der Waals surface area contributed by atoms with Crippen LogP contribution in [0, 0.1) is 0 Å². The zero-order valence-corrected chi connectivity index (χ0v) is 13.3. The fraction of sp³-hybridized carbons (Fsp3) is 0.333. The van der Waals surface area contributed by atoms with E-state index in [4.69, 9.17) is 23.2 Å². The van der Waals surface area contributed by atoms with Crippen molar-refractivity contribution in [3.05, 3.63) is 27.7 Å². The largest absolute Gasteiger partial charge is 0.355 e. The second-order valence-electron chi connectivity index (χ2n) is 4.42. The van der Waals surface area contributed by atoms with E-state index in [0.717, 1.165) is 10.4 Å². The van der Waals surface area contributed by atoms with Gasteiger partial charge in [-0.15, -0.1) is 0 Å². The van der Waals surface area contributed by atoms with Crippen molar-refractivity contribution in [1.29, 1.82) is 0 Å². The van der Waals surface area contributed by atoms with Crippen LogP contribution in [0.2, 0.25) is 10.0 Å². The van der Waals surface area contributed by atoms with Gasteiger partial charge in [-0.2, -0.15) is 0 Å². The van der Waals surface area contributed by atoms with Crippen molar-refractivity contribution in [2.75, 3.05) is 13.6 Å². The van der Waals surface area contributed by atoms with Crippen molar-refractivity contribution < 1.29 is 18.0 Å². The third kappa shape index (κ3) is 2.86. The molecule has 0 unspecified atom stereocenters. The molecule has 2 rings (SSSR count). The van der Waals surface area contributed by atoms with Gasteiger partial charge < -0.3 is 5.32 Å². The quantitative estimate of drug-likeness (QED) is 0.898. The van der Waals surface area contributed by atoms with Gasteiger partial charge in [0.05, 0.1) is 15.6 Å². The smallest absolute Gasteiger partial charge is 0.267 e. The van der Waals surface area contributed by atoms with Gasteiger partial charge in [-0.05, 0) is 18.6 Å². The lowest BCUT2D eigenvalue weighted by Gasteiger charge is -2.18. The molecule has 1 fully saturated rings. The summed E-state index contributed by atoms with van der Waals surface area (Å²) in [6.45, 7) is 0.107. The van der Waals surface area contributed by atoms with Gasteiger partial charge >= 0.3 is 0 Å². The summed E-state index contributed by atoms with van der Waals surface area (Å²) in [6.07, 6.45) is 0.637. The summed E-state index contributed by atoms with van der Waals surface area (Å²) in [6, 6.07) is 2.27. The van der Waals surface area contributed by atoms with Gasteiger partial charge in [-0.1, -0.05) is 23.2 Å². The fourth-order valence-corrected chi connectivity index (χ4v) is 4.33. The van der Waals surface area contributed by atoms with E-state index in [1.54, 1.807) is 0 Å². The van der Waals surface area contributed by atoms with Crippen LogP contribution in [0.25, 0.3) is 0 Å². The first-order chi connectivity index (χ1) is 9.78. The van der Waals surface area contributed by atoms with Crippen LogP contribution in [-0.2, 0) is 14.8 Å². The molecule has 9 heteroatoms. The monoisotopic (exact) mass is 350 g/mol. The van der Waals surface area contributed by atoms with E-state index < -0.39 is 21.8 Å². The molecule has 0 radical (unpaired) electrons. The molecule has 0 bridgehead atoms. The first kappa shape index (κ1) is 16.1. The predicted molar refractivity (Wildman–Crippen MR) is 78.0 cm³/mol. The Morgan fingerprint density at radius 3 is 2.48 bits per heavy atom. The summed E-state index contributed by atoms with van der Waals surface area (Å²) in [5.74, 6) is -1.02. The highest BCUT2D eigenvalue weighted by Crippen LogP contribution is 2.32. The van der Waals surface area contributed by atoms with Crippen LogP contribution in [0.15, 0.2) is 17.0 Å². The molecule has 1 heterocycles. The fourth-order valence-electron chi connectivity index (χ4n) is 2.03. The zero-order valence-electron chi connectivity index (χ0n) is 11.0. The molecule has 2 amide bonds. The first-order valence-corrected chi connectivity index (χ1v) is 8.25. The molecule has 1 aliphatic heterocycles. The van der Waals surface area contributed by atoms with Gasteiger partial charge in [0.25, 0.3) is 15.9 Å². The molecule has 1 aromatic carbocycles. The highest BCUT2D eigenvalue weighted by molar-refractivity contribution is 7.89. The van der Waals surface area contributed by atoms with Crippen molar-refractivity contribution in [1.82, 2.24) is 9.62 Å². The summed E-state index contributed by atoms with van der Waals surface area (Å²) in [5.41, 5.74) is -0.0196. The number of carbonyl (C=O) groups excluding carboxylic acids is 2. The normalized spacial score (nSPS) is 15.4. The Kier molecular flexibility index (Phi) is 4.46. The summed E-state index contributed by atoms with van der Waals surface area (Å²) in [4.78, 5) is 23.0. The molecular formula is C12H12Cl2N2O4S. The van der Waals surface area contributed by atoms with Gasteiger partial charge in [0.1, 0.15) is 4.90 Å². The summed E-state index contributed by atoms with van der Waals surface area (Å²) in [7, 11) is -2.69. The number of hydrogen-bond acceptors (Lipinski definition) is 4. The molecule has 0 saturated carbocycles. The van der Waals surface area contributed by atoms with Gasteiger partial charge in [0.2, 0.25) is 5.91 Å². The Balaban J connectivity index is 2.58. The van der Waals surface area contributed by atoms with E-state index in [-0.39, 0.29) is 33.5 Å². The third-order valence-corrected chi connectivity index (χ3v) is 5.69. The molecule has 0 aliphatic carbocycles. The van der Waals surface area contributed by atoms with E-state index in [1.165, 1.54) is 13.1 Å². The minimum absolute atomic E-state index is 0.0196. The molecule has 1 aromatic rings. The highest BCUT2D eigenvalue weighted by Gasteiger charge is 2.35. The van der Waals surface area contributed by atoms with Gasteiger partial charge in [0, 0.05) is 20.0 Å². The lowest BCUT2D eigenvalue weighted by Crippen LogP contribution is -2.32. The minimum Gasteiger partial charge on any atom is -0.355 e. The Morgan fingerprint density at radius 2 is 1.95 bits per heavy atom. The van der Waals surface area contributed by atoms with Crippen LogP contribution in [0.3, 0.4) is 0 Å². The van der Waals surface area contributed by atoms with Crippen LogP contribution in [-0.4, -0.2) is 38.1 Å². The van der Waals surface area contributed by atoms with Crippen LogP contribution >= 0.6 is 23.2 Å². The number of halogens is 2. The number of nitrogens with one attached hydrogen (secondary N) is 1. The molecule has 0 spiro atoms. The first-order valence-electron chi connectivity index (χ1n) is 6.05. The van der Waals surface area contributed by atoms with E-state index in [9.17, 15) is 18.0 Å². The van der Waals surface area contributed by atoms with E-state index >= 15 is 0 Å². The lowest BCUT2D eigenvalue weighted by atomic mass is 10.2. The maximum absolute atomic E-state index is 12.5. The van der Waals surface area contributed by atoms with Crippen molar-refractivity contribution >= 4 is 45.0 Å². The highest BCUT2D eigenvalue weighted by atomic mass is 35.5. The number of carbonyl (C=O) groups is 2. The Bertz CT molecular complexity index is 718. The number of hydrogen-bond donors (Lipinski definition) is 1. The van der Waals surface area contributed by atoms with Crippen LogP contribution in [0.1, 0.15) is 23.2 Å². The molecule has 0 aromatic heterocycles. The average Bonchev–Trinajstić information content (AvgIpc) is 2.84. The molecule has 0 atom stereocenters. The molecule has 114 valence electrons. The average molecular weight is 351 g/mol. The van der Waals surface area contributed by atoms with Crippen molar-refractivity contribution in [3.63, 3.8) is 0 Å².